The lowest BCUT2D eigenvalue weighted by Crippen LogP contribution is -2.41. The van der Waals surface area contributed by atoms with Gasteiger partial charge in [0, 0.05) is 12.1 Å². The summed E-state index contributed by atoms with van der Waals surface area (Å²) in [6.45, 7) is 10.6. The number of nitrogens with one attached hydrogen (secondary N) is 1. The molecule has 2 rings (SSSR count). The van der Waals surface area contributed by atoms with Crippen LogP contribution >= 0.6 is 0 Å². The van der Waals surface area contributed by atoms with E-state index in [4.69, 9.17) is 9.31 Å². The molecular formula is C15H22BNO3. The molecule has 5 heteroatoms. The first-order chi connectivity index (χ1) is 9.27. The number of benzene rings is 1. The van der Waals surface area contributed by atoms with E-state index in [9.17, 15) is 4.79 Å². The van der Waals surface area contributed by atoms with Crippen LogP contribution in [0.4, 0.5) is 0 Å². The Labute approximate surface area is 121 Å². The van der Waals surface area contributed by atoms with Crippen molar-refractivity contribution in [2.75, 3.05) is 6.54 Å². The van der Waals surface area contributed by atoms with E-state index >= 15 is 0 Å². The van der Waals surface area contributed by atoms with E-state index < -0.39 is 7.12 Å². The maximum Gasteiger partial charge on any atom is 0.494 e. The van der Waals surface area contributed by atoms with Crippen molar-refractivity contribution in [1.82, 2.24) is 5.32 Å². The number of amides is 1. The predicted molar refractivity (Wildman–Crippen MR) is 80.2 cm³/mol. The Morgan fingerprint density at radius 3 is 2.35 bits per heavy atom. The molecule has 1 fully saturated rings. The summed E-state index contributed by atoms with van der Waals surface area (Å²) in [5, 5.41) is 2.79. The molecule has 1 heterocycles. The minimum Gasteiger partial charge on any atom is -0.399 e. The van der Waals surface area contributed by atoms with E-state index in [1.54, 1.807) is 6.07 Å². The summed E-state index contributed by atoms with van der Waals surface area (Å²) in [4.78, 5) is 11.9. The van der Waals surface area contributed by atoms with E-state index in [0.717, 1.165) is 5.46 Å². The van der Waals surface area contributed by atoms with Crippen LogP contribution in [0, 0.1) is 0 Å². The van der Waals surface area contributed by atoms with Gasteiger partial charge in [0.05, 0.1) is 11.2 Å². The molecule has 1 amide bonds. The zero-order chi connectivity index (χ0) is 15.0. The Bertz CT molecular complexity index is 498. The van der Waals surface area contributed by atoms with Crippen molar-refractivity contribution in [1.29, 1.82) is 0 Å². The van der Waals surface area contributed by atoms with Gasteiger partial charge in [0.25, 0.3) is 5.91 Å². The minimum atomic E-state index is -0.436. The molecule has 0 aromatic heterocycles. The lowest BCUT2D eigenvalue weighted by atomic mass is 9.78. The van der Waals surface area contributed by atoms with E-state index in [1.807, 2.05) is 52.8 Å². The van der Waals surface area contributed by atoms with Crippen molar-refractivity contribution in [3.8, 4) is 0 Å². The number of carbonyl (C=O) groups excluding carboxylic acids is 1. The molecule has 108 valence electrons. The van der Waals surface area contributed by atoms with Crippen LogP contribution in [0.15, 0.2) is 24.3 Å². The Kier molecular flexibility index (Phi) is 3.94. The second-order valence-corrected chi connectivity index (χ2v) is 6.07. The largest absolute Gasteiger partial charge is 0.494 e. The summed E-state index contributed by atoms with van der Waals surface area (Å²) in [5.74, 6) is -0.0779. The summed E-state index contributed by atoms with van der Waals surface area (Å²) >= 11 is 0. The lowest BCUT2D eigenvalue weighted by molar-refractivity contribution is 0.00578. The van der Waals surface area contributed by atoms with Crippen LogP contribution in [0.5, 0.6) is 0 Å². The standard InChI is InChI=1S/C15H22BNO3/c1-6-17-13(18)11-8-7-9-12(10-11)16-19-14(2,3)15(4,5)20-16/h7-10H,6H2,1-5H3,(H,17,18). The second-order valence-electron chi connectivity index (χ2n) is 6.07. The normalized spacial score (nSPS) is 19.9. The first-order valence-corrected chi connectivity index (χ1v) is 7.00. The maximum absolute atomic E-state index is 11.9. The molecule has 0 aliphatic carbocycles. The predicted octanol–water partition coefficient (Wildman–Crippen LogP) is 1.74. The van der Waals surface area contributed by atoms with Gasteiger partial charge in [-0.3, -0.25) is 4.79 Å². The summed E-state index contributed by atoms with van der Waals surface area (Å²) in [7, 11) is -0.436. The SMILES string of the molecule is CCNC(=O)c1cccc(B2OC(C)(C)C(C)(C)O2)c1. The van der Waals surface area contributed by atoms with Gasteiger partial charge in [0.1, 0.15) is 0 Å². The van der Waals surface area contributed by atoms with Crippen LogP contribution in [-0.4, -0.2) is 30.8 Å². The molecule has 4 nitrogen and oxygen atoms in total. The fourth-order valence-corrected chi connectivity index (χ4v) is 2.07. The van der Waals surface area contributed by atoms with Crippen molar-refractivity contribution < 1.29 is 14.1 Å². The third-order valence-corrected chi connectivity index (χ3v) is 4.01. The monoisotopic (exact) mass is 275 g/mol. The molecule has 1 aromatic rings. The Morgan fingerprint density at radius 1 is 1.20 bits per heavy atom. The highest BCUT2D eigenvalue weighted by molar-refractivity contribution is 6.62. The second kappa shape index (κ2) is 5.22. The van der Waals surface area contributed by atoms with Gasteiger partial charge >= 0.3 is 7.12 Å². The minimum absolute atomic E-state index is 0.0779. The van der Waals surface area contributed by atoms with Gasteiger partial charge in [-0.25, -0.2) is 0 Å². The molecule has 0 spiro atoms. The highest BCUT2D eigenvalue weighted by Gasteiger charge is 2.51. The summed E-state index contributed by atoms with van der Waals surface area (Å²) in [5.41, 5.74) is 0.741. The zero-order valence-corrected chi connectivity index (χ0v) is 12.8. The van der Waals surface area contributed by atoms with Gasteiger partial charge in [-0.2, -0.15) is 0 Å². The van der Waals surface area contributed by atoms with Crippen LogP contribution in [-0.2, 0) is 9.31 Å². The fourth-order valence-electron chi connectivity index (χ4n) is 2.07. The highest BCUT2D eigenvalue weighted by Crippen LogP contribution is 2.36. The van der Waals surface area contributed by atoms with Crippen LogP contribution < -0.4 is 10.8 Å². The molecule has 1 aliphatic rings. The number of hydrogen-bond donors (Lipinski definition) is 1. The fraction of sp³-hybridized carbons (Fsp3) is 0.533. The highest BCUT2D eigenvalue weighted by atomic mass is 16.7. The molecule has 1 aliphatic heterocycles. The number of rotatable bonds is 3. The Morgan fingerprint density at radius 2 is 1.80 bits per heavy atom. The van der Waals surface area contributed by atoms with Crippen molar-refractivity contribution in [3.63, 3.8) is 0 Å². The molecule has 0 atom stereocenters. The lowest BCUT2D eigenvalue weighted by Gasteiger charge is -2.32. The molecule has 0 radical (unpaired) electrons. The number of hydrogen-bond acceptors (Lipinski definition) is 3. The Balaban J connectivity index is 2.23. The summed E-state index contributed by atoms with van der Waals surface area (Å²) in [6, 6.07) is 7.39. The van der Waals surface area contributed by atoms with Gasteiger partial charge in [-0.05, 0) is 52.2 Å². The number of carbonyl (C=O) groups is 1. The Hall–Kier alpha value is -1.33. The van der Waals surface area contributed by atoms with E-state index in [0.29, 0.717) is 12.1 Å². The molecule has 1 N–H and O–H groups in total. The van der Waals surface area contributed by atoms with Gasteiger partial charge in [-0.1, -0.05) is 12.1 Å². The van der Waals surface area contributed by atoms with Gasteiger partial charge in [-0.15, -0.1) is 0 Å². The van der Waals surface area contributed by atoms with Crippen LogP contribution in [0.2, 0.25) is 0 Å². The van der Waals surface area contributed by atoms with Crippen molar-refractivity contribution in [2.45, 2.75) is 45.8 Å². The van der Waals surface area contributed by atoms with Crippen molar-refractivity contribution in [2.24, 2.45) is 0 Å². The molecule has 0 bridgehead atoms. The average Bonchev–Trinajstić information content (AvgIpc) is 2.59. The van der Waals surface area contributed by atoms with Crippen LogP contribution in [0.1, 0.15) is 45.0 Å². The third-order valence-electron chi connectivity index (χ3n) is 4.01. The van der Waals surface area contributed by atoms with Gasteiger partial charge in [0.15, 0.2) is 0 Å². The van der Waals surface area contributed by atoms with Crippen LogP contribution in [0.25, 0.3) is 0 Å². The first kappa shape index (κ1) is 15.1. The topological polar surface area (TPSA) is 47.6 Å². The van der Waals surface area contributed by atoms with E-state index in [2.05, 4.69) is 5.32 Å². The average molecular weight is 275 g/mol. The van der Waals surface area contributed by atoms with E-state index in [-0.39, 0.29) is 17.1 Å². The maximum atomic E-state index is 11.9. The molecule has 0 saturated carbocycles. The van der Waals surface area contributed by atoms with Crippen molar-refractivity contribution in [3.05, 3.63) is 29.8 Å². The first-order valence-electron chi connectivity index (χ1n) is 7.00. The molecule has 0 unspecified atom stereocenters. The van der Waals surface area contributed by atoms with Crippen molar-refractivity contribution >= 4 is 18.5 Å². The smallest absolute Gasteiger partial charge is 0.399 e. The van der Waals surface area contributed by atoms with Crippen LogP contribution in [0.3, 0.4) is 0 Å². The molecule has 1 aromatic carbocycles. The van der Waals surface area contributed by atoms with E-state index in [1.165, 1.54) is 0 Å². The quantitative estimate of drug-likeness (QED) is 0.855. The van der Waals surface area contributed by atoms with Gasteiger partial charge in [0.2, 0.25) is 0 Å². The molecular weight excluding hydrogens is 253 g/mol. The summed E-state index contributed by atoms with van der Waals surface area (Å²) in [6.07, 6.45) is 0. The zero-order valence-electron chi connectivity index (χ0n) is 12.8. The summed E-state index contributed by atoms with van der Waals surface area (Å²) < 4.78 is 12.0. The molecule has 1 saturated heterocycles. The molecule has 20 heavy (non-hydrogen) atoms. The third kappa shape index (κ3) is 2.74. The van der Waals surface area contributed by atoms with Gasteiger partial charge < -0.3 is 14.6 Å².